The zero-order valence-electron chi connectivity index (χ0n) is 17.9. The van der Waals surface area contributed by atoms with Crippen LogP contribution in [-0.4, -0.2) is 59.6 Å². The number of aliphatic hydroxyl groups excluding tert-OH is 3. The number of unbranched alkanes of at least 4 members (excludes halogenated alkanes) is 11. The minimum atomic E-state index is -1.02. The SMILES string of the molecule is CCCCCCCCCCCCC/C=C/CCO[C@H]1[C@@H]([C@@H](O)CO)OC[C@H]1O. The third kappa shape index (κ3) is 11.5. The van der Waals surface area contributed by atoms with E-state index in [9.17, 15) is 10.2 Å². The average molecular weight is 401 g/mol. The van der Waals surface area contributed by atoms with Gasteiger partial charge in [0.05, 0.1) is 19.8 Å². The van der Waals surface area contributed by atoms with Gasteiger partial charge >= 0.3 is 0 Å². The van der Waals surface area contributed by atoms with E-state index in [0.29, 0.717) is 6.61 Å². The van der Waals surface area contributed by atoms with E-state index in [1.165, 1.54) is 70.6 Å². The number of rotatable bonds is 18. The first-order valence-corrected chi connectivity index (χ1v) is 11.6. The summed E-state index contributed by atoms with van der Waals surface area (Å²) < 4.78 is 11.0. The molecule has 0 unspecified atom stereocenters. The Labute approximate surface area is 172 Å². The van der Waals surface area contributed by atoms with Crippen LogP contribution in [0.5, 0.6) is 0 Å². The highest BCUT2D eigenvalue weighted by Gasteiger charge is 2.40. The van der Waals surface area contributed by atoms with Gasteiger partial charge in [-0.05, 0) is 19.3 Å². The van der Waals surface area contributed by atoms with Gasteiger partial charge in [-0.25, -0.2) is 0 Å². The molecule has 0 radical (unpaired) electrons. The van der Waals surface area contributed by atoms with E-state index in [1.807, 2.05) is 0 Å². The van der Waals surface area contributed by atoms with Gasteiger partial charge in [0.15, 0.2) is 0 Å². The topological polar surface area (TPSA) is 79.2 Å². The molecule has 4 atom stereocenters. The fraction of sp³-hybridized carbons (Fsp3) is 0.913. The summed E-state index contributed by atoms with van der Waals surface area (Å²) in [5.41, 5.74) is 0. The van der Waals surface area contributed by atoms with Gasteiger partial charge in [0.2, 0.25) is 0 Å². The molecule has 0 spiro atoms. The van der Waals surface area contributed by atoms with Crippen molar-refractivity contribution < 1.29 is 24.8 Å². The van der Waals surface area contributed by atoms with Crippen LogP contribution < -0.4 is 0 Å². The van der Waals surface area contributed by atoms with Gasteiger partial charge < -0.3 is 24.8 Å². The lowest BCUT2D eigenvalue weighted by molar-refractivity contribution is -0.0924. The van der Waals surface area contributed by atoms with E-state index < -0.39 is 31.0 Å². The molecular formula is C23H44O5. The molecule has 1 heterocycles. The Hall–Kier alpha value is -0.460. The van der Waals surface area contributed by atoms with Gasteiger partial charge in [0, 0.05) is 0 Å². The number of ether oxygens (including phenoxy) is 2. The van der Waals surface area contributed by atoms with E-state index in [2.05, 4.69) is 19.1 Å². The lowest BCUT2D eigenvalue weighted by Gasteiger charge is -2.23. The molecule has 1 fully saturated rings. The molecule has 166 valence electrons. The van der Waals surface area contributed by atoms with E-state index in [0.717, 1.165) is 12.8 Å². The molecule has 5 nitrogen and oxygen atoms in total. The Morgan fingerprint density at radius 2 is 1.50 bits per heavy atom. The summed E-state index contributed by atoms with van der Waals surface area (Å²) in [7, 11) is 0. The Kier molecular flexibility index (Phi) is 15.9. The first-order valence-electron chi connectivity index (χ1n) is 11.6. The molecule has 0 aliphatic carbocycles. The molecule has 1 aliphatic heterocycles. The molecule has 0 saturated carbocycles. The molecular weight excluding hydrogens is 356 g/mol. The summed E-state index contributed by atoms with van der Waals surface area (Å²) in [6, 6.07) is 0. The summed E-state index contributed by atoms with van der Waals surface area (Å²) in [5, 5.41) is 28.6. The molecule has 3 N–H and O–H groups in total. The molecule has 0 aromatic carbocycles. The quantitative estimate of drug-likeness (QED) is 0.238. The number of aliphatic hydroxyl groups is 3. The first kappa shape index (κ1) is 25.6. The van der Waals surface area contributed by atoms with Crippen LogP contribution in [0.2, 0.25) is 0 Å². The molecule has 1 saturated heterocycles. The Bertz CT molecular complexity index is 374. The standard InChI is InChI=1S/C23H44O5/c1-2-3-4-5-6-7-8-9-10-11-12-13-14-15-16-17-27-23-21(26)19-28-22(23)20(25)18-24/h14-15,20-26H,2-13,16-19H2,1H3/b15-14+/t20-,21+,22+,23+/m0/s1. The molecule has 28 heavy (non-hydrogen) atoms. The molecule has 1 rings (SSSR count). The lowest BCUT2D eigenvalue weighted by Crippen LogP contribution is -2.42. The molecule has 0 aromatic rings. The molecule has 0 bridgehead atoms. The lowest BCUT2D eigenvalue weighted by atomic mass is 10.1. The van der Waals surface area contributed by atoms with Crippen LogP contribution >= 0.6 is 0 Å². The maximum Gasteiger partial charge on any atom is 0.114 e. The average Bonchev–Trinajstić information content (AvgIpc) is 3.07. The van der Waals surface area contributed by atoms with Crippen molar-refractivity contribution in [2.45, 2.75) is 115 Å². The van der Waals surface area contributed by atoms with Crippen molar-refractivity contribution in [3.05, 3.63) is 12.2 Å². The molecule has 1 aliphatic rings. The predicted octanol–water partition coefficient (Wildman–Crippen LogP) is 4.13. The zero-order valence-corrected chi connectivity index (χ0v) is 17.9. The van der Waals surface area contributed by atoms with Crippen molar-refractivity contribution >= 4 is 0 Å². The summed E-state index contributed by atoms with van der Waals surface area (Å²) in [6.45, 7) is 2.49. The van der Waals surface area contributed by atoms with Gasteiger partial charge in [-0.15, -0.1) is 0 Å². The largest absolute Gasteiger partial charge is 0.394 e. The van der Waals surface area contributed by atoms with Crippen LogP contribution in [0.25, 0.3) is 0 Å². The third-order valence-electron chi connectivity index (χ3n) is 5.46. The van der Waals surface area contributed by atoms with Crippen LogP contribution in [0.15, 0.2) is 12.2 Å². The van der Waals surface area contributed by atoms with Crippen LogP contribution in [0.3, 0.4) is 0 Å². The minimum absolute atomic E-state index is 0.140. The van der Waals surface area contributed by atoms with E-state index >= 15 is 0 Å². The van der Waals surface area contributed by atoms with E-state index in [1.54, 1.807) is 0 Å². The van der Waals surface area contributed by atoms with Crippen LogP contribution in [-0.2, 0) is 9.47 Å². The Balaban J connectivity index is 1.91. The normalized spacial score (nSPS) is 23.6. The Morgan fingerprint density at radius 1 is 0.929 bits per heavy atom. The number of hydrogen-bond acceptors (Lipinski definition) is 5. The van der Waals surface area contributed by atoms with Crippen molar-refractivity contribution in [2.75, 3.05) is 19.8 Å². The van der Waals surface area contributed by atoms with E-state index in [4.69, 9.17) is 14.6 Å². The molecule has 0 amide bonds. The monoisotopic (exact) mass is 400 g/mol. The maximum absolute atomic E-state index is 9.87. The van der Waals surface area contributed by atoms with Crippen LogP contribution in [0.4, 0.5) is 0 Å². The highest BCUT2D eigenvalue weighted by Crippen LogP contribution is 2.21. The predicted molar refractivity (Wildman–Crippen MR) is 113 cm³/mol. The summed E-state index contributed by atoms with van der Waals surface area (Å²) in [4.78, 5) is 0. The van der Waals surface area contributed by atoms with E-state index in [-0.39, 0.29) is 6.61 Å². The maximum atomic E-state index is 9.87. The highest BCUT2D eigenvalue weighted by molar-refractivity contribution is 4.89. The van der Waals surface area contributed by atoms with Gasteiger partial charge in [-0.3, -0.25) is 0 Å². The molecule has 5 heteroatoms. The highest BCUT2D eigenvalue weighted by atomic mass is 16.6. The Morgan fingerprint density at radius 3 is 2.11 bits per heavy atom. The van der Waals surface area contributed by atoms with Crippen molar-refractivity contribution in [3.8, 4) is 0 Å². The number of hydrogen-bond donors (Lipinski definition) is 3. The fourth-order valence-corrected chi connectivity index (χ4v) is 3.69. The third-order valence-corrected chi connectivity index (χ3v) is 5.46. The summed E-state index contributed by atoms with van der Waals surface area (Å²) in [5.74, 6) is 0. The van der Waals surface area contributed by atoms with Crippen LogP contribution in [0, 0.1) is 0 Å². The summed E-state index contributed by atoms with van der Waals surface area (Å²) >= 11 is 0. The second-order valence-electron chi connectivity index (χ2n) is 8.03. The van der Waals surface area contributed by atoms with Crippen molar-refractivity contribution in [2.24, 2.45) is 0 Å². The van der Waals surface area contributed by atoms with Gasteiger partial charge in [0.25, 0.3) is 0 Å². The minimum Gasteiger partial charge on any atom is -0.394 e. The van der Waals surface area contributed by atoms with Crippen molar-refractivity contribution in [1.82, 2.24) is 0 Å². The fourth-order valence-electron chi connectivity index (χ4n) is 3.69. The second kappa shape index (κ2) is 17.4. The first-order chi connectivity index (χ1) is 13.7. The number of allylic oxidation sites excluding steroid dienone is 1. The van der Waals surface area contributed by atoms with Gasteiger partial charge in [-0.1, -0.05) is 83.3 Å². The second-order valence-corrected chi connectivity index (χ2v) is 8.03. The molecule has 0 aromatic heterocycles. The van der Waals surface area contributed by atoms with Crippen molar-refractivity contribution in [1.29, 1.82) is 0 Å². The zero-order chi connectivity index (χ0) is 20.5. The summed E-state index contributed by atoms with van der Waals surface area (Å²) in [6.07, 6.45) is 18.3. The van der Waals surface area contributed by atoms with Gasteiger partial charge in [-0.2, -0.15) is 0 Å². The van der Waals surface area contributed by atoms with Crippen molar-refractivity contribution in [3.63, 3.8) is 0 Å². The smallest absolute Gasteiger partial charge is 0.114 e. The van der Waals surface area contributed by atoms with Crippen LogP contribution in [0.1, 0.15) is 90.4 Å². The van der Waals surface area contributed by atoms with Gasteiger partial charge in [0.1, 0.15) is 24.4 Å².